The van der Waals surface area contributed by atoms with Gasteiger partial charge in [0.2, 0.25) is 0 Å². The quantitative estimate of drug-likeness (QED) is 0.546. The van der Waals surface area contributed by atoms with Crippen LogP contribution < -0.4 is 10.6 Å². The molecule has 2 N–H and O–H groups in total. The van der Waals surface area contributed by atoms with Crippen molar-refractivity contribution in [2.24, 2.45) is 4.99 Å². The van der Waals surface area contributed by atoms with E-state index in [1.807, 2.05) is 30.0 Å². The van der Waals surface area contributed by atoms with E-state index in [0.717, 1.165) is 55.9 Å². The maximum atomic E-state index is 6.49. The Hall–Kier alpha value is -0.950. The molecule has 1 aliphatic heterocycles. The Balaban J connectivity index is 2.05. The van der Waals surface area contributed by atoms with Crippen LogP contribution in [0, 0.1) is 0 Å². The van der Waals surface area contributed by atoms with Crippen LogP contribution in [0.4, 0.5) is 0 Å². The molecule has 1 fully saturated rings. The molecule has 0 radical (unpaired) electrons. The summed E-state index contributed by atoms with van der Waals surface area (Å²) in [5.74, 6) is 0.817. The van der Waals surface area contributed by atoms with Gasteiger partial charge >= 0.3 is 0 Å². The molecule has 0 spiro atoms. The van der Waals surface area contributed by atoms with Crippen molar-refractivity contribution >= 4 is 29.3 Å². The maximum Gasteiger partial charge on any atom is 0.191 e. The lowest BCUT2D eigenvalue weighted by molar-refractivity contribution is 0.0170. The number of thioether (sulfide) groups is 1. The van der Waals surface area contributed by atoms with Gasteiger partial charge in [0.15, 0.2) is 5.96 Å². The van der Waals surface area contributed by atoms with Crippen LogP contribution in [0.2, 0.25) is 5.02 Å². The van der Waals surface area contributed by atoms with Crippen molar-refractivity contribution in [1.29, 1.82) is 0 Å². The molecule has 0 saturated carbocycles. The summed E-state index contributed by atoms with van der Waals surface area (Å²) in [7, 11) is 1.81. The number of morpholine rings is 1. The molecule has 1 unspecified atom stereocenters. The predicted octanol–water partition coefficient (Wildman–Crippen LogP) is 3.02. The summed E-state index contributed by atoms with van der Waals surface area (Å²) >= 11 is 8.33. The lowest BCUT2D eigenvalue weighted by atomic mass is 10.0. The Morgan fingerprint density at radius 2 is 2.00 bits per heavy atom. The minimum atomic E-state index is 0.157. The van der Waals surface area contributed by atoms with E-state index in [1.165, 1.54) is 0 Å². The summed E-state index contributed by atoms with van der Waals surface area (Å²) in [6.07, 6.45) is 2.13. The second-order valence-electron chi connectivity index (χ2n) is 6.96. The van der Waals surface area contributed by atoms with Gasteiger partial charge in [-0.15, -0.1) is 0 Å². The number of halogens is 1. The van der Waals surface area contributed by atoms with Crippen LogP contribution in [0.25, 0.3) is 0 Å². The van der Waals surface area contributed by atoms with Gasteiger partial charge in [-0.2, -0.15) is 11.8 Å². The Morgan fingerprint density at radius 3 is 2.62 bits per heavy atom. The number of guanidine groups is 1. The number of ether oxygens (including phenoxy) is 1. The summed E-state index contributed by atoms with van der Waals surface area (Å²) in [5, 5.41) is 7.71. The van der Waals surface area contributed by atoms with Gasteiger partial charge in [-0.05, 0) is 31.7 Å². The van der Waals surface area contributed by atoms with Crippen molar-refractivity contribution in [1.82, 2.24) is 15.5 Å². The predicted molar refractivity (Wildman–Crippen MR) is 114 cm³/mol. The van der Waals surface area contributed by atoms with Gasteiger partial charge < -0.3 is 15.4 Å². The number of nitrogens with one attached hydrogen (secondary N) is 2. The van der Waals surface area contributed by atoms with Gasteiger partial charge in [-0.25, -0.2) is 0 Å². The van der Waals surface area contributed by atoms with Gasteiger partial charge in [0, 0.05) is 43.0 Å². The SMILES string of the molecule is CN=C(NCC(c1ccccc1Cl)N1CCOCC1)NCC(C)(C)SC. The standard InChI is InChI=1S/C19H31ClN4OS/c1-19(2,26-4)14-23-18(21-3)22-13-17(24-9-11-25-12-10-24)15-7-5-6-8-16(15)20/h5-8,17H,9-14H2,1-4H3,(H2,21,22,23). The highest BCUT2D eigenvalue weighted by atomic mass is 35.5. The fraction of sp³-hybridized carbons (Fsp3) is 0.632. The summed E-state index contributed by atoms with van der Waals surface area (Å²) in [5.41, 5.74) is 1.14. The number of aliphatic imine (C=N–C) groups is 1. The Bertz CT molecular complexity index is 591. The van der Waals surface area contributed by atoms with E-state index in [9.17, 15) is 0 Å². The molecule has 0 aliphatic carbocycles. The molecule has 1 aromatic rings. The third-order valence-corrected chi connectivity index (χ3v) is 6.26. The Morgan fingerprint density at radius 1 is 1.31 bits per heavy atom. The van der Waals surface area contributed by atoms with Crippen molar-refractivity contribution in [3.8, 4) is 0 Å². The molecule has 5 nitrogen and oxygen atoms in total. The molecule has 0 amide bonds. The first kappa shape index (κ1) is 21.4. The lowest BCUT2D eigenvalue weighted by Gasteiger charge is -2.35. The summed E-state index contributed by atoms with van der Waals surface area (Å²) < 4.78 is 5.67. The number of nitrogens with zero attached hydrogens (tertiary/aromatic N) is 2. The molecule has 26 heavy (non-hydrogen) atoms. The van der Waals surface area contributed by atoms with E-state index in [0.29, 0.717) is 0 Å². The van der Waals surface area contributed by atoms with Crippen LogP contribution in [0.5, 0.6) is 0 Å². The third kappa shape index (κ3) is 6.34. The molecule has 0 aromatic heterocycles. The molecule has 1 aromatic carbocycles. The van der Waals surface area contributed by atoms with Gasteiger partial charge in [0.05, 0.1) is 19.3 Å². The van der Waals surface area contributed by atoms with Gasteiger partial charge in [-0.1, -0.05) is 29.8 Å². The largest absolute Gasteiger partial charge is 0.379 e. The normalized spacial score (nSPS) is 17.8. The highest BCUT2D eigenvalue weighted by Gasteiger charge is 2.25. The van der Waals surface area contributed by atoms with Crippen LogP contribution in [0.1, 0.15) is 25.5 Å². The Kier molecular flexibility index (Phi) is 8.54. The van der Waals surface area contributed by atoms with Gasteiger partial charge in [0.1, 0.15) is 0 Å². The zero-order chi connectivity index (χ0) is 19.0. The smallest absolute Gasteiger partial charge is 0.191 e. The fourth-order valence-corrected chi connectivity index (χ4v) is 3.33. The first-order chi connectivity index (χ1) is 12.5. The van der Waals surface area contributed by atoms with Crippen molar-refractivity contribution in [2.45, 2.75) is 24.6 Å². The van der Waals surface area contributed by atoms with Gasteiger partial charge in [-0.3, -0.25) is 9.89 Å². The summed E-state index contributed by atoms with van der Waals surface area (Å²) in [6, 6.07) is 8.26. The summed E-state index contributed by atoms with van der Waals surface area (Å²) in [4.78, 5) is 6.79. The van der Waals surface area contributed by atoms with Crippen LogP contribution in [0.15, 0.2) is 29.3 Å². The van der Waals surface area contributed by atoms with Crippen LogP contribution in [-0.2, 0) is 4.74 Å². The number of hydrogen-bond donors (Lipinski definition) is 2. The third-order valence-electron chi connectivity index (χ3n) is 4.67. The number of hydrogen-bond acceptors (Lipinski definition) is 4. The highest BCUT2D eigenvalue weighted by Crippen LogP contribution is 2.27. The molecule has 2 rings (SSSR count). The molecule has 1 atom stereocenters. The van der Waals surface area contributed by atoms with Crippen LogP contribution in [0.3, 0.4) is 0 Å². The highest BCUT2D eigenvalue weighted by molar-refractivity contribution is 7.99. The zero-order valence-electron chi connectivity index (χ0n) is 16.2. The molecule has 7 heteroatoms. The van der Waals surface area contributed by atoms with E-state index < -0.39 is 0 Å². The van der Waals surface area contributed by atoms with Crippen molar-refractivity contribution < 1.29 is 4.74 Å². The first-order valence-electron chi connectivity index (χ1n) is 9.03. The van der Waals surface area contributed by atoms with Crippen LogP contribution in [-0.4, -0.2) is 68.3 Å². The van der Waals surface area contributed by atoms with Crippen molar-refractivity contribution in [3.05, 3.63) is 34.9 Å². The lowest BCUT2D eigenvalue weighted by Crippen LogP contribution is -2.48. The topological polar surface area (TPSA) is 48.9 Å². The second-order valence-corrected chi connectivity index (χ2v) is 8.88. The van der Waals surface area contributed by atoms with Crippen molar-refractivity contribution in [2.75, 3.05) is 52.7 Å². The maximum absolute atomic E-state index is 6.49. The van der Waals surface area contributed by atoms with E-state index in [1.54, 1.807) is 7.05 Å². The minimum Gasteiger partial charge on any atom is -0.379 e. The zero-order valence-corrected chi connectivity index (χ0v) is 17.8. The van der Waals surface area contributed by atoms with E-state index in [2.05, 4.69) is 46.7 Å². The first-order valence-corrected chi connectivity index (χ1v) is 10.6. The molecule has 0 bridgehead atoms. The van der Waals surface area contributed by atoms with E-state index >= 15 is 0 Å². The molecular weight excluding hydrogens is 368 g/mol. The van der Waals surface area contributed by atoms with E-state index in [-0.39, 0.29) is 10.8 Å². The van der Waals surface area contributed by atoms with E-state index in [4.69, 9.17) is 16.3 Å². The second kappa shape index (κ2) is 10.4. The van der Waals surface area contributed by atoms with Crippen LogP contribution >= 0.6 is 23.4 Å². The Labute approximate surface area is 166 Å². The molecular formula is C19H31ClN4OS. The average molecular weight is 399 g/mol. The molecule has 1 heterocycles. The summed E-state index contributed by atoms with van der Waals surface area (Å²) in [6.45, 7) is 9.36. The number of benzene rings is 1. The molecule has 146 valence electrons. The molecule has 1 aliphatic rings. The molecule has 1 saturated heterocycles. The monoisotopic (exact) mass is 398 g/mol. The fourth-order valence-electron chi connectivity index (χ4n) is 2.85. The van der Waals surface area contributed by atoms with Crippen molar-refractivity contribution in [3.63, 3.8) is 0 Å². The minimum absolute atomic E-state index is 0.157. The van der Waals surface area contributed by atoms with Gasteiger partial charge in [0.25, 0.3) is 0 Å². The number of rotatable bonds is 7. The average Bonchev–Trinajstić information content (AvgIpc) is 2.66.